The van der Waals surface area contributed by atoms with E-state index in [0.717, 1.165) is 0 Å². The van der Waals surface area contributed by atoms with Crippen molar-refractivity contribution >= 4 is 27.5 Å². The first kappa shape index (κ1) is 15.2. The first-order valence-electron chi connectivity index (χ1n) is 5.19. The van der Waals surface area contributed by atoms with Gasteiger partial charge in [0, 0.05) is 17.8 Å². The summed E-state index contributed by atoms with van der Waals surface area (Å²) < 4.78 is 30.4. The molecule has 2 unspecified atom stereocenters. The van der Waals surface area contributed by atoms with Crippen LogP contribution in [0.1, 0.15) is 6.42 Å². The van der Waals surface area contributed by atoms with Crippen LogP contribution in [0.2, 0.25) is 0 Å². The lowest BCUT2D eigenvalue weighted by atomic mass is 10.2. The van der Waals surface area contributed by atoms with E-state index in [9.17, 15) is 18.3 Å². The van der Waals surface area contributed by atoms with Crippen LogP contribution in [-0.2, 0) is 14.9 Å². The van der Waals surface area contributed by atoms with Crippen molar-refractivity contribution in [3.8, 4) is 0 Å². The average molecular weight is 290 g/mol. The molecule has 19 heavy (non-hydrogen) atoms. The highest BCUT2D eigenvalue weighted by Crippen LogP contribution is 2.14. The van der Waals surface area contributed by atoms with Crippen LogP contribution in [0.25, 0.3) is 0 Å². The summed E-state index contributed by atoms with van der Waals surface area (Å²) in [6, 6.07) is 6.16. The molecular weight excluding hydrogens is 276 g/mol. The summed E-state index contributed by atoms with van der Waals surface area (Å²) in [7, 11) is -4.78. The number of anilines is 2. The maximum Gasteiger partial charge on any atom is 0.324 e. The van der Waals surface area contributed by atoms with Crippen molar-refractivity contribution < 1.29 is 28.0 Å². The SMILES string of the molecule is Nc1ccc(NC(O)CC(C(=O)O)S(=O)(=O)O)cc1. The van der Waals surface area contributed by atoms with Crippen molar-refractivity contribution in [3.05, 3.63) is 24.3 Å². The van der Waals surface area contributed by atoms with Crippen molar-refractivity contribution in [2.24, 2.45) is 0 Å². The number of carbonyl (C=O) groups is 1. The average Bonchev–Trinajstić information content (AvgIpc) is 2.27. The summed E-state index contributed by atoms with van der Waals surface area (Å²) in [5.41, 5.74) is 6.39. The Morgan fingerprint density at radius 2 is 1.84 bits per heavy atom. The van der Waals surface area contributed by atoms with Gasteiger partial charge in [0.25, 0.3) is 10.1 Å². The molecule has 0 saturated carbocycles. The topological polar surface area (TPSA) is 150 Å². The number of rotatable bonds is 6. The normalized spacial score (nSPS) is 14.6. The summed E-state index contributed by atoms with van der Waals surface area (Å²) in [6.07, 6.45) is -2.15. The van der Waals surface area contributed by atoms with Gasteiger partial charge in [-0.25, -0.2) is 0 Å². The van der Waals surface area contributed by atoms with Gasteiger partial charge in [0.2, 0.25) is 0 Å². The molecular formula is C10H14N2O6S. The van der Waals surface area contributed by atoms with Crippen molar-refractivity contribution in [1.82, 2.24) is 0 Å². The number of nitrogen functional groups attached to an aromatic ring is 1. The second-order valence-electron chi connectivity index (χ2n) is 3.86. The third-order valence-corrected chi connectivity index (χ3v) is 3.43. The van der Waals surface area contributed by atoms with E-state index in [1.54, 1.807) is 12.1 Å². The number of aliphatic carboxylic acids is 1. The fraction of sp³-hybridized carbons (Fsp3) is 0.300. The van der Waals surface area contributed by atoms with E-state index < -0.39 is 34.0 Å². The van der Waals surface area contributed by atoms with Crippen molar-refractivity contribution in [1.29, 1.82) is 0 Å². The summed E-state index contributed by atoms with van der Waals surface area (Å²) in [5, 5.41) is 18.6. The minimum Gasteiger partial charge on any atom is -0.480 e. The minimum absolute atomic E-state index is 0.432. The highest BCUT2D eigenvalue weighted by molar-refractivity contribution is 7.87. The van der Waals surface area contributed by atoms with Gasteiger partial charge in [-0.1, -0.05) is 0 Å². The molecule has 0 spiro atoms. The second kappa shape index (κ2) is 5.87. The molecule has 0 aromatic heterocycles. The Hall–Kier alpha value is -1.84. The lowest BCUT2D eigenvalue weighted by Gasteiger charge is -2.17. The van der Waals surface area contributed by atoms with Crippen LogP contribution in [-0.4, -0.2) is 40.6 Å². The zero-order valence-corrected chi connectivity index (χ0v) is 10.5. The molecule has 1 aromatic carbocycles. The van der Waals surface area contributed by atoms with E-state index in [2.05, 4.69) is 5.32 Å². The van der Waals surface area contributed by atoms with Gasteiger partial charge in [-0.05, 0) is 24.3 Å². The first-order valence-corrected chi connectivity index (χ1v) is 6.69. The van der Waals surface area contributed by atoms with Crippen LogP contribution in [0.3, 0.4) is 0 Å². The molecule has 0 saturated heterocycles. The molecule has 9 heteroatoms. The third kappa shape index (κ3) is 4.73. The Morgan fingerprint density at radius 1 is 1.32 bits per heavy atom. The molecule has 0 radical (unpaired) electrons. The van der Waals surface area contributed by atoms with Gasteiger partial charge < -0.3 is 21.3 Å². The maximum atomic E-state index is 10.8. The number of hydrogen-bond donors (Lipinski definition) is 5. The zero-order chi connectivity index (χ0) is 14.6. The Kier molecular flexibility index (Phi) is 4.70. The maximum absolute atomic E-state index is 10.8. The van der Waals surface area contributed by atoms with Crippen LogP contribution < -0.4 is 11.1 Å². The van der Waals surface area contributed by atoms with Crippen LogP contribution in [0, 0.1) is 0 Å². The largest absolute Gasteiger partial charge is 0.480 e. The molecule has 6 N–H and O–H groups in total. The molecule has 0 aliphatic heterocycles. The molecule has 0 aliphatic rings. The quantitative estimate of drug-likeness (QED) is 0.273. The number of aliphatic hydroxyl groups is 1. The molecule has 106 valence electrons. The number of benzene rings is 1. The Bertz CT molecular complexity index is 542. The standard InChI is InChI=1S/C10H14N2O6S/c11-6-1-3-7(4-2-6)12-9(13)5-8(10(14)15)19(16,17)18/h1-4,8-9,12-13H,5,11H2,(H,14,15)(H,16,17,18). The molecule has 8 nitrogen and oxygen atoms in total. The smallest absolute Gasteiger partial charge is 0.324 e. The first-order chi connectivity index (χ1) is 8.70. The second-order valence-corrected chi connectivity index (χ2v) is 5.46. The number of carboxylic acid groups (broad SMARTS) is 1. The number of nitrogens with two attached hydrogens (primary N) is 1. The molecule has 0 aliphatic carbocycles. The van der Waals surface area contributed by atoms with Crippen LogP contribution in [0.5, 0.6) is 0 Å². The summed E-state index contributed by atoms with van der Waals surface area (Å²) in [4.78, 5) is 10.7. The van der Waals surface area contributed by atoms with Gasteiger partial charge in [-0.2, -0.15) is 8.42 Å². The zero-order valence-electron chi connectivity index (χ0n) is 9.72. The van der Waals surface area contributed by atoms with Gasteiger partial charge >= 0.3 is 5.97 Å². The molecule has 0 bridgehead atoms. The Morgan fingerprint density at radius 3 is 2.26 bits per heavy atom. The molecule has 1 rings (SSSR count). The molecule has 0 amide bonds. The molecule has 0 fully saturated rings. The highest BCUT2D eigenvalue weighted by Gasteiger charge is 2.33. The van der Waals surface area contributed by atoms with Crippen molar-refractivity contribution in [2.75, 3.05) is 11.1 Å². The predicted molar refractivity (Wildman–Crippen MR) is 68.1 cm³/mol. The van der Waals surface area contributed by atoms with E-state index in [4.69, 9.17) is 15.4 Å². The summed E-state index contributed by atoms with van der Waals surface area (Å²) in [6.45, 7) is 0. The predicted octanol–water partition coefficient (Wildman–Crippen LogP) is -0.270. The third-order valence-electron chi connectivity index (χ3n) is 2.32. The van der Waals surface area contributed by atoms with Gasteiger partial charge in [-0.3, -0.25) is 9.35 Å². The van der Waals surface area contributed by atoms with Crippen LogP contribution >= 0.6 is 0 Å². The highest BCUT2D eigenvalue weighted by atomic mass is 32.2. The van der Waals surface area contributed by atoms with E-state index in [1.165, 1.54) is 12.1 Å². The summed E-state index contributed by atoms with van der Waals surface area (Å²) >= 11 is 0. The number of aliphatic hydroxyl groups excluding tert-OH is 1. The van der Waals surface area contributed by atoms with Crippen LogP contribution in [0.4, 0.5) is 11.4 Å². The molecule has 1 aromatic rings. The molecule has 0 heterocycles. The van der Waals surface area contributed by atoms with E-state index in [1.807, 2.05) is 0 Å². The molecule has 2 atom stereocenters. The number of hydrogen-bond acceptors (Lipinski definition) is 6. The van der Waals surface area contributed by atoms with E-state index >= 15 is 0 Å². The van der Waals surface area contributed by atoms with Crippen molar-refractivity contribution in [3.63, 3.8) is 0 Å². The Balaban J connectivity index is 2.71. The van der Waals surface area contributed by atoms with E-state index in [0.29, 0.717) is 11.4 Å². The van der Waals surface area contributed by atoms with Gasteiger partial charge in [0.15, 0.2) is 5.25 Å². The van der Waals surface area contributed by atoms with Crippen molar-refractivity contribution in [2.45, 2.75) is 17.9 Å². The number of nitrogens with one attached hydrogen (secondary N) is 1. The fourth-order valence-corrected chi connectivity index (χ4v) is 2.06. The lowest BCUT2D eigenvalue weighted by Crippen LogP contribution is -2.36. The van der Waals surface area contributed by atoms with Gasteiger partial charge in [-0.15, -0.1) is 0 Å². The van der Waals surface area contributed by atoms with E-state index in [-0.39, 0.29) is 0 Å². The minimum atomic E-state index is -4.78. The Labute approximate surface area is 109 Å². The lowest BCUT2D eigenvalue weighted by molar-refractivity contribution is -0.137. The van der Waals surface area contributed by atoms with Gasteiger partial charge in [0.05, 0.1) is 0 Å². The van der Waals surface area contributed by atoms with Gasteiger partial charge in [0.1, 0.15) is 6.23 Å². The number of carboxylic acids is 1. The van der Waals surface area contributed by atoms with Crippen LogP contribution in [0.15, 0.2) is 24.3 Å². The monoisotopic (exact) mass is 290 g/mol. The fourth-order valence-electron chi connectivity index (χ4n) is 1.38. The summed E-state index contributed by atoms with van der Waals surface area (Å²) in [5.74, 6) is -1.74.